The van der Waals surface area contributed by atoms with Gasteiger partial charge in [0.1, 0.15) is 5.75 Å². The average molecular weight is 399 g/mol. The fourth-order valence-corrected chi connectivity index (χ4v) is 4.13. The number of para-hydroxylation sites is 2. The number of hydrogen-bond acceptors (Lipinski definition) is 5. The number of rotatable bonds is 4. The summed E-state index contributed by atoms with van der Waals surface area (Å²) in [5.74, 6) is -0.297. The van der Waals surface area contributed by atoms with Crippen molar-refractivity contribution in [1.29, 1.82) is 0 Å². The van der Waals surface area contributed by atoms with Crippen LogP contribution in [0, 0.1) is 0 Å². The summed E-state index contributed by atoms with van der Waals surface area (Å²) in [6, 6.07) is 7.14. The van der Waals surface area contributed by atoms with Crippen LogP contribution in [0.1, 0.15) is 38.5 Å². The molecule has 0 spiro atoms. The maximum atomic E-state index is 13.0. The van der Waals surface area contributed by atoms with Crippen molar-refractivity contribution in [3.63, 3.8) is 0 Å². The van der Waals surface area contributed by atoms with Crippen LogP contribution in [0.4, 0.5) is 5.69 Å². The molecule has 0 radical (unpaired) electrons. The number of benzene rings is 1. The van der Waals surface area contributed by atoms with Crippen molar-refractivity contribution in [3.8, 4) is 5.75 Å². The molecular weight excluding hydrogens is 374 g/mol. The molecule has 2 saturated heterocycles. The normalized spacial score (nSPS) is 21.8. The van der Waals surface area contributed by atoms with E-state index in [0.717, 1.165) is 24.2 Å². The van der Waals surface area contributed by atoms with E-state index in [1.165, 1.54) is 0 Å². The lowest BCUT2D eigenvalue weighted by atomic mass is 10.1. The van der Waals surface area contributed by atoms with E-state index in [0.29, 0.717) is 24.5 Å². The fraction of sp³-hybridized carbons (Fsp3) is 0.524. The molecule has 1 aromatic rings. The molecule has 0 aromatic heterocycles. The highest BCUT2D eigenvalue weighted by Gasteiger charge is 2.37. The lowest BCUT2D eigenvalue weighted by Gasteiger charge is -2.37. The molecule has 154 valence electrons. The maximum absolute atomic E-state index is 13.0. The van der Waals surface area contributed by atoms with Crippen LogP contribution in [0.25, 0.3) is 0 Å². The van der Waals surface area contributed by atoms with E-state index in [2.05, 4.69) is 0 Å². The molecule has 8 heteroatoms. The number of carbonyl (C=O) groups excluding carboxylic acids is 4. The predicted octanol–water partition coefficient (Wildman–Crippen LogP) is 1.33. The van der Waals surface area contributed by atoms with E-state index in [1.807, 2.05) is 11.0 Å². The number of amides is 4. The molecule has 2 fully saturated rings. The maximum Gasteiger partial charge on any atom is 0.265 e. The number of imide groups is 1. The number of hydrogen-bond donors (Lipinski definition) is 0. The number of likely N-dealkylation sites (tertiary alicyclic amines) is 2. The van der Waals surface area contributed by atoms with E-state index >= 15 is 0 Å². The van der Waals surface area contributed by atoms with Crippen molar-refractivity contribution in [2.75, 3.05) is 31.1 Å². The molecular formula is C21H25N3O5. The number of carbonyl (C=O) groups is 4. The Hall–Kier alpha value is -2.90. The van der Waals surface area contributed by atoms with Gasteiger partial charge in [-0.3, -0.25) is 24.1 Å². The van der Waals surface area contributed by atoms with Crippen LogP contribution in [-0.2, 0) is 19.2 Å². The second-order valence-electron chi connectivity index (χ2n) is 7.65. The summed E-state index contributed by atoms with van der Waals surface area (Å²) in [5, 5.41) is 0. The summed E-state index contributed by atoms with van der Waals surface area (Å²) in [5.41, 5.74) is 0.610. The summed E-state index contributed by atoms with van der Waals surface area (Å²) < 4.78 is 5.94. The molecule has 0 N–H and O–H groups in total. The summed E-state index contributed by atoms with van der Waals surface area (Å²) in [4.78, 5) is 54.0. The lowest BCUT2D eigenvalue weighted by Crippen LogP contribution is -2.53. The molecule has 4 rings (SSSR count). The number of nitrogens with zero attached hydrogens (tertiary/aromatic N) is 3. The van der Waals surface area contributed by atoms with Gasteiger partial charge in [-0.05, 0) is 31.4 Å². The molecule has 3 aliphatic rings. The molecule has 0 unspecified atom stereocenters. The first-order valence-corrected chi connectivity index (χ1v) is 10.2. The summed E-state index contributed by atoms with van der Waals surface area (Å²) in [7, 11) is 0. The second kappa shape index (κ2) is 8.23. The minimum atomic E-state index is -0.748. The quantitative estimate of drug-likeness (QED) is 0.713. The summed E-state index contributed by atoms with van der Waals surface area (Å²) >= 11 is 0. The van der Waals surface area contributed by atoms with Gasteiger partial charge in [0.15, 0.2) is 6.10 Å². The zero-order valence-corrected chi connectivity index (χ0v) is 16.3. The smallest absolute Gasteiger partial charge is 0.265 e. The summed E-state index contributed by atoms with van der Waals surface area (Å²) in [6.45, 7) is 1.63. The third kappa shape index (κ3) is 3.97. The van der Waals surface area contributed by atoms with Crippen LogP contribution in [0.15, 0.2) is 24.3 Å². The van der Waals surface area contributed by atoms with Gasteiger partial charge in [0.05, 0.1) is 12.2 Å². The lowest BCUT2D eigenvalue weighted by molar-refractivity contribution is -0.140. The Morgan fingerprint density at radius 1 is 1.00 bits per heavy atom. The first-order chi connectivity index (χ1) is 14.0. The first kappa shape index (κ1) is 19.4. The van der Waals surface area contributed by atoms with E-state index in [9.17, 15) is 19.2 Å². The Labute approximate surface area is 169 Å². The van der Waals surface area contributed by atoms with E-state index in [1.54, 1.807) is 23.1 Å². The number of anilines is 1. The van der Waals surface area contributed by atoms with Gasteiger partial charge in [-0.1, -0.05) is 12.1 Å². The van der Waals surface area contributed by atoms with Crippen molar-refractivity contribution in [3.05, 3.63) is 24.3 Å². The fourth-order valence-electron chi connectivity index (χ4n) is 4.13. The minimum absolute atomic E-state index is 0.0242. The van der Waals surface area contributed by atoms with E-state index in [4.69, 9.17) is 4.74 Å². The Kier molecular flexibility index (Phi) is 5.51. The molecule has 1 atom stereocenters. The average Bonchev–Trinajstić information content (AvgIpc) is 3.08. The molecule has 4 amide bonds. The van der Waals surface area contributed by atoms with Gasteiger partial charge in [-0.2, -0.15) is 0 Å². The van der Waals surface area contributed by atoms with Crippen molar-refractivity contribution >= 4 is 29.3 Å². The van der Waals surface area contributed by atoms with Gasteiger partial charge < -0.3 is 14.5 Å². The zero-order valence-electron chi connectivity index (χ0n) is 16.3. The van der Waals surface area contributed by atoms with Gasteiger partial charge in [-0.25, -0.2) is 0 Å². The Bertz CT molecular complexity index is 817. The van der Waals surface area contributed by atoms with Crippen LogP contribution < -0.4 is 9.64 Å². The highest BCUT2D eigenvalue weighted by Crippen LogP contribution is 2.34. The number of ether oxygens (including phenoxy) is 1. The topological polar surface area (TPSA) is 87.2 Å². The van der Waals surface area contributed by atoms with Crippen LogP contribution in [-0.4, -0.2) is 65.7 Å². The molecule has 8 nitrogen and oxygen atoms in total. The van der Waals surface area contributed by atoms with Crippen molar-refractivity contribution < 1.29 is 23.9 Å². The van der Waals surface area contributed by atoms with Gasteiger partial charge >= 0.3 is 0 Å². The Balaban J connectivity index is 1.48. The first-order valence-electron chi connectivity index (χ1n) is 10.2. The van der Waals surface area contributed by atoms with Crippen LogP contribution in [0.5, 0.6) is 5.75 Å². The molecule has 3 aliphatic heterocycles. The summed E-state index contributed by atoms with van der Waals surface area (Å²) in [6.07, 6.45) is 2.78. The molecule has 3 heterocycles. The van der Waals surface area contributed by atoms with Crippen LogP contribution in [0.3, 0.4) is 0 Å². The van der Waals surface area contributed by atoms with Crippen LogP contribution in [0.2, 0.25) is 0 Å². The Morgan fingerprint density at radius 3 is 2.41 bits per heavy atom. The highest BCUT2D eigenvalue weighted by atomic mass is 16.5. The predicted molar refractivity (Wildman–Crippen MR) is 104 cm³/mol. The van der Waals surface area contributed by atoms with Gasteiger partial charge in [0.25, 0.3) is 5.91 Å². The number of fused-ring (bicyclic) bond motifs is 1. The Morgan fingerprint density at radius 2 is 1.69 bits per heavy atom. The minimum Gasteiger partial charge on any atom is -0.476 e. The molecule has 29 heavy (non-hydrogen) atoms. The zero-order chi connectivity index (χ0) is 20.4. The number of piperidine rings is 1. The highest BCUT2D eigenvalue weighted by molar-refractivity contribution is 6.03. The van der Waals surface area contributed by atoms with E-state index < -0.39 is 6.10 Å². The monoisotopic (exact) mass is 399 g/mol. The van der Waals surface area contributed by atoms with Gasteiger partial charge in [0, 0.05) is 38.9 Å². The molecule has 0 saturated carbocycles. The van der Waals surface area contributed by atoms with E-state index in [-0.39, 0.29) is 56.0 Å². The third-order valence-corrected chi connectivity index (χ3v) is 5.72. The third-order valence-electron chi connectivity index (χ3n) is 5.72. The van der Waals surface area contributed by atoms with Crippen molar-refractivity contribution in [2.45, 2.75) is 44.6 Å². The molecule has 0 bridgehead atoms. The standard InChI is InChI=1S/C21H25N3O5/c25-18-8-9-19(26)23(18)13-10-20(27)24-14-17(21(28)22-11-4-1-5-12-22)29-16-7-3-2-6-15(16)24/h2-3,6-7,17H,1,4-5,8-14H2/t17-/m1/s1. The van der Waals surface area contributed by atoms with Crippen molar-refractivity contribution in [2.24, 2.45) is 0 Å². The van der Waals surface area contributed by atoms with Gasteiger partial charge in [-0.15, -0.1) is 0 Å². The molecule has 0 aliphatic carbocycles. The van der Waals surface area contributed by atoms with Crippen LogP contribution >= 0.6 is 0 Å². The van der Waals surface area contributed by atoms with Gasteiger partial charge in [0.2, 0.25) is 17.7 Å². The molecule has 1 aromatic carbocycles. The second-order valence-corrected chi connectivity index (χ2v) is 7.65. The van der Waals surface area contributed by atoms with Crippen molar-refractivity contribution in [1.82, 2.24) is 9.80 Å². The largest absolute Gasteiger partial charge is 0.476 e. The SMILES string of the molecule is O=C([C@H]1CN(C(=O)CCN2C(=O)CCC2=O)c2ccccc2O1)N1CCCCC1.